The van der Waals surface area contributed by atoms with Crippen LogP contribution in [0.3, 0.4) is 0 Å². The van der Waals surface area contributed by atoms with Gasteiger partial charge in [0.15, 0.2) is 0 Å². The fraction of sp³-hybridized carbons (Fsp3) is 0.467. The van der Waals surface area contributed by atoms with Crippen molar-refractivity contribution in [3.63, 3.8) is 0 Å². The molecule has 1 fully saturated rings. The van der Waals surface area contributed by atoms with E-state index in [4.69, 9.17) is 5.73 Å². The SMILES string of the molecule is NC1(c2ccc3[nH]c4c(c3c2)CCC4)CCC1. The topological polar surface area (TPSA) is 41.8 Å². The predicted molar refractivity (Wildman–Crippen MR) is 70.0 cm³/mol. The van der Waals surface area contributed by atoms with Gasteiger partial charge in [0.2, 0.25) is 0 Å². The van der Waals surface area contributed by atoms with E-state index < -0.39 is 0 Å². The Hall–Kier alpha value is -1.28. The third-order valence-corrected chi connectivity index (χ3v) is 4.67. The number of aromatic amines is 1. The Balaban J connectivity index is 1.91. The summed E-state index contributed by atoms with van der Waals surface area (Å²) in [6.07, 6.45) is 7.31. The first-order valence-corrected chi connectivity index (χ1v) is 6.69. The Morgan fingerprint density at radius 2 is 2.00 bits per heavy atom. The molecule has 2 aliphatic rings. The Morgan fingerprint density at radius 1 is 1.12 bits per heavy atom. The normalized spacial score (nSPS) is 21.5. The molecule has 0 unspecified atom stereocenters. The monoisotopic (exact) mass is 226 g/mol. The zero-order valence-corrected chi connectivity index (χ0v) is 10.1. The van der Waals surface area contributed by atoms with E-state index in [1.165, 1.54) is 47.8 Å². The average molecular weight is 226 g/mol. The van der Waals surface area contributed by atoms with Crippen molar-refractivity contribution in [1.82, 2.24) is 4.98 Å². The molecule has 4 rings (SSSR count). The summed E-state index contributed by atoms with van der Waals surface area (Å²) >= 11 is 0. The van der Waals surface area contributed by atoms with Crippen LogP contribution in [0.15, 0.2) is 18.2 Å². The van der Waals surface area contributed by atoms with Gasteiger partial charge < -0.3 is 10.7 Å². The van der Waals surface area contributed by atoms with Gasteiger partial charge in [-0.1, -0.05) is 6.07 Å². The molecule has 0 saturated heterocycles. The van der Waals surface area contributed by atoms with Crippen LogP contribution in [0.4, 0.5) is 0 Å². The fourth-order valence-corrected chi connectivity index (χ4v) is 3.40. The van der Waals surface area contributed by atoms with Gasteiger partial charge >= 0.3 is 0 Å². The number of nitrogens with two attached hydrogens (primary N) is 1. The maximum atomic E-state index is 6.42. The molecular formula is C15H18N2. The van der Waals surface area contributed by atoms with Crippen LogP contribution in [0.1, 0.15) is 42.5 Å². The lowest BCUT2D eigenvalue weighted by molar-refractivity contribution is 0.254. The van der Waals surface area contributed by atoms with Crippen molar-refractivity contribution in [3.8, 4) is 0 Å². The van der Waals surface area contributed by atoms with E-state index in [2.05, 4.69) is 23.2 Å². The molecule has 3 N–H and O–H groups in total. The number of nitrogens with one attached hydrogen (secondary N) is 1. The van der Waals surface area contributed by atoms with Crippen LogP contribution in [-0.4, -0.2) is 4.98 Å². The first kappa shape index (κ1) is 9.72. The molecule has 0 spiro atoms. The fourth-order valence-electron chi connectivity index (χ4n) is 3.40. The summed E-state index contributed by atoms with van der Waals surface area (Å²) in [7, 11) is 0. The van der Waals surface area contributed by atoms with E-state index in [1.54, 1.807) is 5.56 Å². The van der Waals surface area contributed by atoms with Crippen molar-refractivity contribution in [2.45, 2.75) is 44.1 Å². The van der Waals surface area contributed by atoms with Gasteiger partial charge in [-0.05, 0) is 61.8 Å². The molecule has 2 aromatic rings. The predicted octanol–water partition coefficient (Wildman–Crippen LogP) is 2.99. The first-order valence-electron chi connectivity index (χ1n) is 6.69. The second kappa shape index (κ2) is 3.14. The number of aromatic nitrogens is 1. The smallest absolute Gasteiger partial charge is 0.0459 e. The highest BCUT2D eigenvalue weighted by Gasteiger charge is 2.34. The highest BCUT2D eigenvalue weighted by atomic mass is 14.8. The molecule has 0 bridgehead atoms. The first-order chi connectivity index (χ1) is 8.26. The zero-order chi connectivity index (χ0) is 11.5. The number of aryl methyl sites for hydroxylation is 2. The maximum absolute atomic E-state index is 6.42. The van der Waals surface area contributed by atoms with Gasteiger partial charge in [0.1, 0.15) is 0 Å². The zero-order valence-electron chi connectivity index (χ0n) is 10.1. The summed E-state index contributed by atoms with van der Waals surface area (Å²) in [4.78, 5) is 3.55. The van der Waals surface area contributed by atoms with Gasteiger partial charge in [0, 0.05) is 22.1 Å². The number of rotatable bonds is 1. The van der Waals surface area contributed by atoms with Gasteiger partial charge in [0.25, 0.3) is 0 Å². The van der Waals surface area contributed by atoms with Gasteiger partial charge in [-0.2, -0.15) is 0 Å². The third kappa shape index (κ3) is 1.25. The molecule has 0 amide bonds. The molecular weight excluding hydrogens is 208 g/mol. The Bertz CT molecular complexity index is 590. The lowest BCUT2D eigenvalue weighted by Crippen LogP contribution is -2.43. The van der Waals surface area contributed by atoms with Crippen LogP contribution in [0.25, 0.3) is 10.9 Å². The second-order valence-electron chi connectivity index (χ2n) is 5.71. The van der Waals surface area contributed by atoms with Crippen molar-refractivity contribution in [3.05, 3.63) is 35.0 Å². The van der Waals surface area contributed by atoms with Crippen LogP contribution in [0, 0.1) is 0 Å². The van der Waals surface area contributed by atoms with Crippen LogP contribution >= 0.6 is 0 Å². The van der Waals surface area contributed by atoms with E-state index in [0.29, 0.717) is 0 Å². The second-order valence-corrected chi connectivity index (χ2v) is 5.71. The summed E-state index contributed by atoms with van der Waals surface area (Å²) in [6, 6.07) is 6.78. The molecule has 0 atom stereocenters. The quantitative estimate of drug-likeness (QED) is 0.771. The van der Waals surface area contributed by atoms with E-state index in [-0.39, 0.29) is 5.54 Å². The number of hydrogen-bond acceptors (Lipinski definition) is 1. The van der Waals surface area contributed by atoms with Crippen molar-refractivity contribution < 1.29 is 0 Å². The van der Waals surface area contributed by atoms with Crippen molar-refractivity contribution >= 4 is 10.9 Å². The summed E-state index contributed by atoms with van der Waals surface area (Å²) < 4.78 is 0. The summed E-state index contributed by atoms with van der Waals surface area (Å²) in [6.45, 7) is 0. The lowest BCUT2D eigenvalue weighted by Gasteiger charge is -2.38. The number of benzene rings is 1. The van der Waals surface area contributed by atoms with Crippen molar-refractivity contribution in [1.29, 1.82) is 0 Å². The highest BCUT2D eigenvalue weighted by molar-refractivity contribution is 5.86. The van der Waals surface area contributed by atoms with Crippen LogP contribution < -0.4 is 5.73 Å². The molecule has 2 aliphatic carbocycles. The van der Waals surface area contributed by atoms with Crippen molar-refractivity contribution in [2.24, 2.45) is 5.73 Å². The Labute approximate surface area is 101 Å². The summed E-state index contributed by atoms with van der Waals surface area (Å²) in [5, 5.41) is 1.42. The molecule has 17 heavy (non-hydrogen) atoms. The van der Waals surface area contributed by atoms with Crippen molar-refractivity contribution in [2.75, 3.05) is 0 Å². The van der Waals surface area contributed by atoms with Crippen LogP contribution in [-0.2, 0) is 18.4 Å². The molecule has 0 radical (unpaired) electrons. The Morgan fingerprint density at radius 3 is 2.76 bits per heavy atom. The van der Waals surface area contributed by atoms with E-state index >= 15 is 0 Å². The molecule has 0 aliphatic heterocycles. The molecule has 1 aromatic heterocycles. The third-order valence-electron chi connectivity index (χ3n) is 4.67. The van der Waals surface area contributed by atoms with E-state index in [9.17, 15) is 0 Å². The minimum Gasteiger partial charge on any atom is -0.358 e. The average Bonchev–Trinajstić information content (AvgIpc) is 2.85. The molecule has 2 nitrogen and oxygen atoms in total. The number of hydrogen-bond donors (Lipinski definition) is 2. The minimum atomic E-state index is -0.0308. The van der Waals surface area contributed by atoms with Gasteiger partial charge in [-0.25, -0.2) is 0 Å². The lowest BCUT2D eigenvalue weighted by atomic mass is 9.72. The standard InChI is InChI=1S/C15H18N2/c16-15(7-2-8-15)10-5-6-14-12(9-10)11-3-1-4-13(11)17-14/h5-6,9,17H,1-4,7-8,16H2. The van der Waals surface area contributed by atoms with E-state index in [0.717, 1.165) is 12.8 Å². The molecule has 1 aromatic carbocycles. The highest BCUT2D eigenvalue weighted by Crippen LogP contribution is 2.40. The molecule has 2 heteroatoms. The minimum absolute atomic E-state index is 0.0308. The summed E-state index contributed by atoms with van der Waals surface area (Å²) in [5.41, 5.74) is 12.0. The molecule has 88 valence electrons. The molecule has 1 heterocycles. The van der Waals surface area contributed by atoms with Gasteiger partial charge in [-0.3, -0.25) is 0 Å². The van der Waals surface area contributed by atoms with Crippen LogP contribution in [0.5, 0.6) is 0 Å². The summed E-state index contributed by atoms with van der Waals surface area (Å²) in [5.74, 6) is 0. The van der Waals surface area contributed by atoms with Gasteiger partial charge in [0.05, 0.1) is 0 Å². The number of fused-ring (bicyclic) bond motifs is 3. The van der Waals surface area contributed by atoms with Gasteiger partial charge in [-0.15, -0.1) is 0 Å². The largest absolute Gasteiger partial charge is 0.358 e. The maximum Gasteiger partial charge on any atom is 0.0459 e. The van der Waals surface area contributed by atoms with E-state index in [1.807, 2.05) is 0 Å². The van der Waals surface area contributed by atoms with Crippen LogP contribution in [0.2, 0.25) is 0 Å². The molecule has 1 saturated carbocycles. The number of H-pyrrole nitrogens is 1. The Kier molecular flexibility index (Phi) is 1.79.